The first-order valence-corrected chi connectivity index (χ1v) is 12.1. The summed E-state index contributed by atoms with van der Waals surface area (Å²) in [7, 11) is 0. The second-order valence-corrected chi connectivity index (χ2v) is 9.58. The molecule has 5 rings (SSSR count). The van der Waals surface area contributed by atoms with Crippen LogP contribution in [0.25, 0.3) is 10.2 Å². The number of benzene rings is 1. The number of nitrogens with zero attached hydrogens (tertiary/aromatic N) is 5. The number of piperazine rings is 1. The molecule has 0 saturated carbocycles. The fraction of sp³-hybridized carbons (Fsp3) is 0.391. The van der Waals surface area contributed by atoms with Crippen molar-refractivity contribution >= 4 is 50.8 Å². The largest absolute Gasteiger partial charge is 0.352 e. The van der Waals surface area contributed by atoms with Crippen LogP contribution < -0.4 is 4.90 Å². The molecule has 1 unspecified atom stereocenters. The molecule has 1 atom stereocenters. The Morgan fingerprint density at radius 1 is 0.969 bits per heavy atom. The molecule has 2 aliphatic rings. The van der Waals surface area contributed by atoms with Crippen LogP contribution in [0.2, 0.25) is 5.02 Å². The number of hydrogen-bond donors (Lipinski definition) is 0. The summed E-state index contributed by atoms with van der Waals surface area (Å²) in [5.74, 6) is 0.920. The highest BCUT2D eigenvalue weighted by molar-refractivity contribution is 7.16. The van der Waals surface area contributed by atoms with Gasteiger partial charge >= 0.3 is 0 Å². The van der Waals surface area contributed by atoms with Crippen LogP contribution in [0.3, 0.4) is 0 Å². The summed E-state index contributed by atoms with van der Waals surface area (Å²) in [6.07, 6.45) is 3.28. The van der Waals surface area contributed by atoms with Crippen LogP contribution in [0.5, 0.6) is 0 Å². The van der Waals surface area contributed by atoms with E-state index >= 15 is 0 Å². The molecule has 4 heterocycles. The third-order valence-corrected chi connectivity index (χ3v) is 7.35. The topological polar surface area (TPSA) is 69.6 Å². The first-order valence-electron chi connectivity index (χ1n) is 10.9. The second kappa shape index (κ2) is 9.03. The van der Waals surface area contributed by atoms with E-state index in [1.807, 2.05) is 10.3 Å². The van der Waals surface area contributed by atoms with Crippen molar-refractivity contribution < 1.29 is 9.59 Å². The van der Waals surface area contributed by atoms with E-state index in [1.165, 1.54) is 0 Å². The third-order valence-electron chi connectivity index (χ3n) is 6.28. The van der Waals surface area contributed by atoms with Crippen molar-refractivity contribution in [3.05, 3.63) is 52.6 Å². The maximum atomic E-state index is 13.2. The third kappa shape index (κ3) is 4.17. The predicted molar refractivity (Wildman–Crippen MR) is 126 cm³/mol. The van der Waals surface area contributed by atoms with Crippen LogP contribution in [0, 0.1) is 5.92 Å². The lowest BCUT2D eigenvalue weighted by Gasteiger charge is -2.39. The number of carbonyl (C=O) groups excluding carboxylic acids is 2. The number of carbonyl (C=O) groups is 2. The molecule has 2 amide bonds. The molecule has 2 saturated heterocycles. The lowest BCUT2D eigenvalue weighted by Crippen LogP contribution is -2.53. The molecular formula is C23H24ClN5O2S. The monoisotopic (exact) mass is 469 g/mol. The van der Waals surface area contributed by atoms with Gasteiger partial charge < -0.3 is 14.7 Å². The molecule has 2 aromatic heterocycles. The number of hydrogen-bond acceptors (Lipinski definition) is 6. The zero-order chi connectivity index (χ0) is 22.1. The Morgan fingerprint density at radius 3 is 2.53 bits per heavy atom. The molecule has 2 fully saturated rings. The van der Waals surface area contributed by atoms with Crippen molar-refractivity contribution in [2.24, 2.45) is 5.92 Å². The molecule has 3 aromatic rings. The van der Waals surface area contributed by atoms with Crippen LogP contribution in [-0.4, -0.2) is 70.9 Å². The van der Waals surface area contributed by atoms with Gasteiger partial charge in [0.15, 0.2) is 0 Å². The van der Waals surface area contributed by atoms with Gasteiger partial charge in [-0.15, -0.1) is 11.3 Å². The minimum absolute atomic E-state index is 0.0347. The smallest absolute Gasteiger partial charge is 0.253 e. The normalized spacial score (nSPS) is 19.4. The summed E-state index contributed by atoms with van der Waals surface area (Å²) < 4.78 is 0. The van der Waals surface area contributed by atoms with Crippen LogP contribution in [0.1, 0.15) is 23.2 Å². The summed E-state index contributed by atoms with van der Waals surface area (Å²) in [4.78, 5) is 41.9. The lowest BCUT2D eigenvalue weighted by molar-refractivity contribution is -0.137. The highest BCUT2D eigenvalue weighted by atomic mass is 35.5. The molecule has 2 aliphatic heterocycles. The zero-order valence-corrected chi connectivity index (χ0v) is 19.2. The van der Waals surface area contributed by atoms with E-state index in [1.54, 1.807) is 46.8 Å². The van der Waals surface area contributed by atoms with Crippen molar-refractivity contribution in [2.75, 3.05) is 44.2 Å². The zero-order valence-electron chi connectivity index (χ0n) is 17.6. The fourth-order valence-corrected chi connectivity index (χ4v) is 5.42. The van der Waals surface area contributed by atoms with Gasteiger partial charge in [0.05, 0.1) is 11.3 Å². The van der Waals surface area contributed by atoms with Gasteiger partial charge in [0, 0.05) is 49.9 Å². The maximum Gasteiger partial charge on any atom is 0.253 e. The van der Waals surface area contributed by atoms with Gasteiger partial charge in [-0.05, 0) is 48.6 Å². The van der Waals surface area contributed by atoms with Crippen LogP contribution >= 0.6 is 22.9 Å². The van der Waals surface area contributed by atoms with E-state index in [2.05, 4.69) is 20.9 Å². The van der Waals surface area contributed by atoms with Gasteiger partial charge in [-0.25, -0.2) is 9.97 Å². The quantitative estimate of drug-likeness (QED) is 0.586. The number of thiophene rings is 1. The first kappa shape index (κ1) is 21.2. The van der Waals surface area contributed by atoms with Crippen LogP contribution in [0.15, 0.2) is 42.0 Å². The van der Waals surface area contributed by atoms with Gasteiger partial charge in [-0.2, -0.15) is 0 Å². The second-order valence-electron chi connectivity index (χ2n) is 8.25. The van der Waals surface area contributed by atoms with Crippen LogP contribution in [0.4, 0.5) is 5.82 Å². The molecule has 1 aromatic carbocycles. The molecule has 166 valence electrons. The number of likely N-dealkylation sites (tertiary alicyclic amines) is 1. The number of amides is 2. The minimum Gasteiger partial charge on any atom is -0.352 e. The Hall–Kier alpha value is -2.71. The summed E-state index contributed by atoms with van der Waals surface area (Å²) in [5.41, 5.74) is 0.612. The van der Waals surface area contributed by atoms with Crippen LogP contribution in [-0.2, 0) is 4.79 Å². The number of piperidine rings is 1. The number of aromatic nitrogens is 2. The molecule has 32 heavy (non-hydrogen) atoms. The maximum absolute atomic E-state index is 13.2. The average Bonchev–Trinajstić information content (AvgIpc) is 3.33. The molecule has 0 spiro atoms. The number of anilines is 1. The molecule has 7 nitrogen and oxygen atoms in total. The van der Waals surface area contributed by atoms with Crippen molar-refractivity contribution in [3.8, 4) is 0 Å². The average molecular weight is 470 g/mol. The summed E-state index contributed by atoms with van der Waals surface area (Å²) >= 11 is 7.55. The molecule has 0 bridgehead atoms. The Labute approximate surface area is 195 Å². The van der Waals surface area contributed by atoms with E-state index in [0.717, 1.165) is 42.0 Å². The summed E-state index contributed by atoms with van der Waals surface area (Å²) in [5, 5.41) is 3.71. The Morgan fingerprint density at radius 2 is 1.75 bits per heavy atom. The molecule has 0 radical (unpaired) electrons. The SMILES string of the molecule is O=C(c1ccc(Cl)cc1)N1CCCC(C(=O)N2CCN(c3ncnc4sccc34)CC2)C1. The number of halogens is 1. The van der Waals surface area contributed by atoms with E-state index < -0.39 is 0 Å². The van der Waals surface area contributed by atoms with Crippen molar-refractivity contribution in [1.82, 2.24) is 19.8 Å². The molecule has 9 heteroatoms. The van der Waals surface area contributed by atoms with Gasteiger partial charge in [0.25, 0.3) is 5.91 Å². The van der Waals surface area contributed by atoms with E-state index in [9.17, 15) is 9.59 Å². The van der Waals surface area contributed by atoms with Crippen molar-refractivity contribution in [2.45, 2.75) is 12.8 Å². The van der Waals surface area contributed by atoms with E-state index in [-0.39, 0.29) is 17.7 Å². The van der Waals surface area contributed by atoms with E-state index in [0.29, 0.717) is 36.8 Å². The fourth-order valence-electron chi connectivity index (χ4n) is 4.56. The summed E-state index contributed by atoms with van der Waals surface area (Å²) in [6.45, 7) is 3.97. The molecular weight excluding hydrogens is 446 g/mol. The standard InChI is InChI=1S/C23H24ClN5O2S/c24-18-5-3-16(4-6-18)22(30)29-8-1-2-17(14-29)23(31)28-11-9-27(10-12-28)20-19-7-13-32-21(19)26-15-25-20/h3-7,13,15,17H,1-2,8-12,14H2. The van der Waals surface area contributed by atoms with E-state index in [4.69, 9.17) is 11.6 Å². The van der Waals surface area contributed by atoms with Crippen molar-refractivity contribution in [3.63, 3.8) is 0 Å². The minimum atomic E-state index is -0.144. The Balaban J connectivity index is 1.21. The first-order chi connectivity index (χ1) is 15.6. The van der Waals surface area contributed by atoms with Gasteiger partial charge in [-0.3, -0.25) is 9.59 Å². The number of fused-ring (bicyclic) bond motifs is 1. The van der Waals surface area contributed by atoms with Gasteiger partial charge in [0.1, 0.15) is 17.0 Å². The Kier molecular flexibility index (Phi) is 5.97. The lowest BCUT2D eigenvalue weighted by atomic mass is 9.95. The van der Waals surface area contributed by atoms with Crippen molar-refractivity contribution in [1.29, 1.82) is 0 Å². The number of rotatable bonds is 3. The predicted octanol–water partition coefficient (Wildman–Crippen LogP) is 3.55. The highest BCUT2D eigenvalue weighted by Gasteiger charge is 2.33. The highest BCUT2D eigenvalue weighted by Crippen LogP contribution is 2.28. The van der Waals surface area contributed by atoms with Gasteiger partial charge in [0.2, 0.25) is 5.91 Å². The molecule has 0 aliphatic carbocycles. The van der Waals surface area contributed by atoms with Gasteiger partial charge in [-0.1, -0.05) is 11.6 Å². The Bertz CT molecular complexity index is 1130. The summed E-state index contributed by atoms with van der Waals surface area (Å²) in [6, 6.07) is 8.99. The molecule has 0 N–H and O–H groups in total.